The normalized spacial score (nSPS) is 10.7. The van der Waals surface area contributed by atoms with Crippen molar-refractivity contribution in [2.24, 2.45) is 11.5 Å². The number of phosphoric acid groups is 1. The third-order valence-electron chi connectivity index (χ3n) is 1.31. The van der Waals surface area contributed by atoms with Gasteiger partial charge in [0, 0.05) is 12.6 Å². The largest absolute Gasteiger partial charge is 2.00 e. The fourth-order valence-corrected chi connectivity index (χ4v) is 0.663. The first-order chi connectivity index (χ1) is 7.54. The summed E-state index contributed by atoms with van der Waals surface area (Å²) in [6, 6.07) is -0.932. The van der Waals surface area contributed by atoms with Crippen molar-refractivity contribution in [3.05, 3.63) is 0 Å². The van der Waals surface area contributed by atoms with Gasteiger partial charge >= 0.3 is 75.5 Å². The molecule has 0 saturated carbocycles. The molecule has 6 N–H and O–H groups in total. The quantitative estimate of drug-likeness (QED) is 0.122. The summed E-state index contributed by atoms with van der Waals surface area (Å²) in [4.78, 5) is 35.7. The second kappa shape index (κ2) is 15.7. The molecule has 0 aliphatic rings. The summed E-state index contributed by atoms with van der Waals surface area (Å²) < 4.78 is 8.55. The Balaban J connectivity index is -0.000000139. The summed E-state index contributed by atoms with van der Waals surface area (Å²) in [5, 5.41) is 19.4. The van der Waals surface area contributed by atoms with Gasteiger partial charge in [0.2, 0.25) is 0 Å². The van der Waals surface area contributed by atoms with Gasteiger partial charge in [0.25, 0.3) is 0 Å². The predicted octanol–water partition coefficient (Wildman–Crippen LogP) is -6.26. The molecule has 0 rings (SSSR count). The van der Waals surface area contributed by atoms with Crippen LogP contribution in [0.1, 0.15) is 12.8 Å². The molecule has 0 amide bonds. The van der Waals surface area contributed by atoms with Gasteiger partial charge in [-0.3, -0.25) is 5.41 Å². The van der Waals surface area contributed by atoms with Crippen molar-refractivity contribution in [3.63, 3.8) is 0 Å². The summed E-state index contributed by atoms with van der Waals surface area (Å²) in [5.41, 5.74) is 10.1. The maximum absolute atomic E-state index is 10.1. The van der Waals surface area contributed by atoms with Crippen LogP contribution in [-0.2, 0) is 9.36 Å². The number of carbonyl (C=O) groups is 1. The average Bonchev–Trinajstić information content (AvgIpc) is 2.08. The van der Waals surface area contributed by atoms with E-state index in [1.165, 1.54) is 0 Å². The van der Waals surface area contributed by atoms with E-state index in [9.17, 15) is 9.90 Å². The van der Waals surface area contributed by atoms with Crippen molar-refractivity contribution in [1.29, 1.82) is 5.41 Å². The van der Waals surface area contributed by atoms with E-state index in [-0.39, 0.29) is 81.4 Å². The zero-order valence-electron chi connectivity index (χ0n) is 10.2. The molecule has 1 atom stereocenters. The second-order valence-corrected chi connectivity index (χ2v) is 3.75. The van der Waals surface area contributed by atoms with E-state index in [1.54, 1.807) is 0 Å². The number of hydrogen-bond donors (Lipinski definition) is 4. The van der Waals surface area contributed by atoms with Gasteiger partial charge in [-0.1, -0.05) is 0 Å². The molecule has 0 bridgehead atoms. The Morgan fingerprint density at radius 3 is 1.95 bits per heavy atom. The molecular formula is C6H13Ca2N4O6P. The van der Waals surface area contributed by atoms with E-state index in [1.807, 2.05) is 0 Å². The molecule has 0 saturated heterocycles. The number of hydrogen-bond acceptors (Lipinski definition) is 8. The zero-order valence-corrected chi connectivity index (χ0v) is 15.5. The van der Waals surface area contributed by atoms with Crippen LogP contribution in [0, 0.1) is 5.41 Å². The Morgan fingerprint density at radius 2 is 1.68 bits per heavy atom. The smallest absolute Gasteiger partial charge is 0.822 e. The maximum Gasteiger partial charge on any atom is 2.00 e. The van der Waals surface area contributed by atoms with Crippen molar-refractivity contribution in [1.82, 2.24) is 5.32 Å². The third kappa shape index (κ3) is 38.2. The van der Waals surface area contributed by atoms with Gasteiger partial charge in [0.1, 0.15) is 0 Å². The summed E-state index contributed by atoms with van der Waals surface area (Å²) in [7, 11) is -5.39. The predicted molar refractivity (Wildman–Crippen MR) is 61.2 cm³/mol. The van der Waals surface area contributed by atoms with Crippen LogP contribution in [0.4, 0.5) is 0 Å². The molecule has 19 heavy (non-hydrogen) atoms. The van der Waals surface area contributed by atoms with Gasteiger partial charge in [0.05, 0.1) is 5.97 Å². The summed E-state index contributed by atoms with van der Waals surface area (Å²) in [5.74, 6) is -1.38. The second-order valence-electron chi connectivity index (χ2n) is 2.86. The Morgan fingerprint density at radius 1 is 1.32 bits per heavy atom. The minimum absolute atomic E-state index is 0. The van der Waals surface area contributed by atoms with Crippen LogP contribution < -0.4 is 36.6 Å². The van der Waals surface area contributed by atoms with Gasteiger partial charge < -0.3 is 45.9 Å². The molecule has 102 valence electrons. The van der Waals surface area contributed by atoms with Crippen LogP contribution >= 0.6 is 7.82 Å². The van der Waals surface area contributed by atoms with E-state index in [0.29, 0.717) is 19.4 Å². The summed E-state index contributed by atoms with van der Waals surface area (Å²) in [6.45, 7) is 0.455. The van der Waals surface area contributed by atoms with E-state index >= 15 is 0 Å². The van der Waals surface area contributed by atoms with E-state index in [4.69, 9.17) is 36.1 Å². The van der Waals surface area contributed by atoms with Crippen molar-refractivity contribution in [2.45, 2.75) is 18.9 Å². The van der Waals surface area contributed by atoms with Crippen LogP contribution in [0.2, 0.25) is 0 Å². The molecule has 0 aromatic rings. The van der Waals surface area contributed by atoms with Gasteiger partial charge in [-0.2, -0.15) is 7.82 Å². The van der Waals surface area contributed by atoms with Gasteiger partial charge in [-0.05, 0) is 12.8 Å². The van der Waals surface area contributed by atoms with Crippen LogP contribution in [0.3, 0.4) is 0 Å². The number of carbonyl (C=O) groups excluding carboxylic acids is 1. The maximum atomic E-state index is 10.1. The molecule has 10 nitrogen and oxygen atoms in total. The third-order valence-corrected chi connectivity index (χ3v) is 1.31. The average molecular weight is 348 g/mol. The van der Waals surface area contributed by atoms with Gasteiger partial charge in [0.15, 0.2) is 5.96 Å². The first kappa shape index (κ1) is 28.5. The van der Waals surface area contributed by atoms with Crippen LogP contribution in [-0.4, -0.2) is 100.0 Å². The molecule has 0 aromatic heterocycles. The number of rotatable bonds is 5. The van der Waals surface area contributed by atoms with E-state index in [0.717, 1.165) is 0 Å². The molecular weight excluding hydrogens is 335 g/mol. The number of nitrogens with one attached hydrogen (secondary N) is 2. The number of guanidine groups is 1. The molecule has 0 fully saturated rings. The number of aliphatic carboxylic acids is 1. The van der Waals surface area contributed by atoms with Crippen molar-refractivity contribution in [2.75, 3.05) is 6.54 Å². The Hall–Kier alpha value is 1.33. The minimum Gasteiger partial charge on any atom is -0.822 e. The Bertz CT molecular complexity index is 293. The first-order valence-corrected chi connectivity index (χ1v) is 5.77. The van der Waals surface area contributed by atoms with Crippen LogP contribution in [0.15, 0.2) is 0 Å². The molecule has 0 aromatic carbocycles. The number of carboxylic acid groups (broad SMARTS) is 1. The molecule has 0 unspecified atom stereocenters. The molecule has 0 radical (unpaired) electrons. The van der Waals surface area contributed by atoms with Crippen molar-refractivity contribution >= 4 is 95.2 Å². The number of nitrogens with two attached hydrogens (primary N) is 2. The van der Waals surface area contributed by atoms with E-state index < -0.39 is 19.8 Å². The SMILES string of the molecule is N=C(N)NCCC[C@H](N)C(=O)[O-].O=P([O-])([O-])[O-].[Ca+2].[Ca+2]. The van der Waals surface area contributed by atoms with Gasteiger partial charge in [-0.15, -0.1) is 0 Å². The summed E-state index contributed by atoms with van der Waals surface area (Å²) in [6.07, 6.45) is 0.872. The molecule has 0 spiro atoms. The molecule has 0 aliphatic heterocycles. The zero-order chi connectivity index (χ0) is 14.1. The summed E-state index contributed by atoms with van der Waals surface area (Å²) >= 11 is 0. The molecule has 0 heterocycles. The Labute approximate surface area is 170 Å². The fraction of sp³-hybridized carbons (Fsp3) is 0.667. The molecule has 0 aliphatic carbocycles. The van der Waals surface area contributed by atoms with Crippen LogP contribution in [0.25, 0.3) is 0 Å². The van der Waals surface area contributed by atoms with Crippen LogP contribution in [0.5, 0.6) is 0 Å². The van der Waals surface area contributed by atoms with E-state index in [2.05, 4.69) is 5.32 Å². The minimum atomic E-state index is -5.39. The standard InChI is InChI=1S/C6H14N4O2.2Ca.H3O4P/c7-4(5(11)12)2-1-3-10-6(8)9;;;1-5(2,3)4/h4H,1-3,7H2,(H,11,12)(H4,8,9,10);;;(H3,1,2,3,4)/q;2*+2;/p-4/t4-;;;/m0.../s1. The fourth-order valence-electron chi connectivity index (χ4n) is 0.663. The van der Waals surface area contributed by atoms with Gasteiger partial charge in [-0.25, -0.2) is 0 Å². The first-order valence-electron chi connectivity index (χ1n) is 4.31. The topological polar surface area (TPSA) is 214 Å². The monoisotopic (exact) mass is 348 g/mol. The van der Waals surface area contributed by atoms with Crippen molar-refractivity contribution < 1.29 is 29.1 Å². The Kier molecular flexibility index (Phi) is 23.6. The van der Waals surface area contributed by atoms with Crippen molar-refractivity contribution in [3.8, 4) is 0 Å². The number of carboxylic acids is 1. The molecule has 13 heteroatoms.